The summed E-state index contributed by atoms with van der Waals surface area (Å²) in [5, 5.41) is 13.1. The Labute approximate surface area is 160 Å². The SMILES string of the molecule is CC[C@H](Oc1ccccc1)C(=O)OCC(=O)Nc1ccc([N+](=O)[O-])cc1Cl. The van der Waals surface area contributed by atoms with E-state index in [0.29, 0.717) is 12.2 Å². The Bertz CT molecular complexity index is 828. The van der Waals surface area contributed by atoms with E-state index in [2.05, 4.69) is 5.32 Å². The predicted molar refractivity (Wildman–Crippen MR) is 98.8 cm³/mol. The summed E-state index contributed by atoms with van der Waals surface area (Å²) in [7, 11) is 0. The van der Waals surface area contributed by atoms with E-state index in [4.69, 9.17) is 21.1 Å². The normalized spacial score (nSPS) is 11.3. The monoisotopic (exact) mass is 392 g/mol. The molecule has 0 saturated carbocycles. The van der Waals surface area contributed by atoms with Gasteiger partial charge in [-0.3, -0.25) is 14.9 Å². The number of carbonyl (C=O) groups is 2. The van der Waals surface area contributed by atoms with Crippen LogP contribution in [0.3, 0.4) is 0 Å². The van der Waals surface area contributed by atoms with Crippen molar-refractivity contribution in [1.82, 2.24) is 0 Å². The summed E-state index contributed by atoms with van der Waals surface area (Å²) in [5.74, 6) is -0.789. The van der Waals surface area contributed by atoms with Gasteiger partial charge in [-0.15, -0.1) is 0 Å². The van der Waals surface area contributed by atoms with Crippen LogP contribution in [0.2, 0.25) is 5.02 Å². The third-order valence-corrected chi connectivity index (χ3v) is 3.75. The van der Waals surface area contributed by atoms with Crippen LogP contribution in [-0.2, 0) is 14.3 Å². The zero-order valence-corrected chi connectivity index (χ0v) is 15.1. The fourth-order valence-corrected chi connectivity index (χ4v) is 2.32. The number of benzene rings is 2. The summed E-state index contributed by atoms with van der Waals surface area (Å²) in [5.41, 5.74) is -0.0239. The summed E-state index contributed by atoms with van der Waals surface area (Å²) < 4.78 is 10.5. The van der Waals surface area contributed by atoms with E-state index in [9.17, 15) is 19.7 Å². The van der Waals surface area contributed by atoms with Gasteiger partial charge in [0.2, 0.25) is 0 Å². The molecule has 0 spiro atoms. The number of ether oxygens (including phenoxy) is 2. The fourth-order valence-electron chi connectivity index (χ4n) is 2.10. The molecule has 0 radical (unpaired) electrons. The molecule has 142 valence electrons. The average Bonchev–Trinajstić information content (AvgIpc) is 2.66. The number of non-ortho nitro benzene ring substituents is 1. The summed E-state index contributed by atoms with van der Waals surface area (Å²) >= 11 is 5.90. The summed E-state index contributed by atoms with van der Waals surface area (Å²) in [6, 6.07) is 12.4. The van der Waals surface area contributed by atoms with Crippen molar-refractivity contribution in [2.45, 2.75) is 19.4 Å². The Kier molecular flexibility index (Phi) is 7.13. The average molecular weight is 393 g/mol. The first-order valence-electron chi connectivity index (χ1n) is 8.02. The van der Waals surface area contributed by atoms with E-state index in [1.54, 1.807) is 31.2 Å². The molecule has 1 atom stereocenters. The third kappa shape index (κ3) is 5.96. The van der Waals surface area contributed by atoms with Gasteiger partial charge in [-0.05, 0) is 24.6 Å². The summed E-state index contributed by atoms with van der Waals surface area (Å²) in [6.07, 6.45) is -0.480. The van der Waals surface area contributed by atoms with Crippen LogP contribution in [0.25, 0.3) is 0 Å². The molecule has 0 saturated heterocycles. The Morgan fingerprint density at radius 3 is 2.52 bits per heavy atom. The van der Waals surface area contributed by atoms with Gasteiger partial charge in [-0.1, -0.05) is 36.7 Å². The number of esters is 1. The van der Waals surface area contributed by atoms with Crippen LogP contribution in [0.4, 0.5) is 11.4 Å². The first kappa shape index (κ1) is 20.2. The number of nitrogens with zero attached hydrogens (tertiary/aromatic N) is 1. The standard InChI is InChI=1S/C18H17ClN2O6/c1-2-16(27-13-6-4-3-5-7-13)18(23)26-11-17(22)20-15-9-8-12(21(24)25)10-14(15)19/h3-10,16H,2,11H2,1H3,(H,20,22)/t16-/m0/s1. The number of para-hydroxylation sites is 1. The van der Waals surface area contributed by atoms with Gasteiger partial charge >= 0.3 is 5.97 Å². The molecule has 2 aromatic carbocycles. The second kappa shape index (κ2) is 9.54. The highest BCUT2D eigenvalue weighted by molar-refractivity contribution is 6.34. The highest BCUT2D eigenvalue weighted by atomic mass is 35.5. The highest BCUT2D eigenvalue weighted by Crippen LogP contribution is 2.26. The maximum absolute atomic E-state index is 12.1. The van der Waals surface area contributed by atoms with Crippen LogP contribution < -0.4 is 10.1 Å². The molecule has 0 unspecified atom stereocenters. The van der Waals surface area contributed by atoms with E-state index in [-0.39, 0.29) is 16.4 Å². The molecule has 27 heavy (non-hydrogen) atoms. The molecule has 1 N–H and O–H groups in total. The molecule has 9 heteroatoms. The molecule has 0 aliphatic carbocycles. The molecule has 2 aromatic rings. The van der Waals surface area contributed by atoms with Crippen molar-refractivity contribution < 1.29 is 24.0 Å². The van der Waals surface area contributed by atoms with E-state index in [0.717, 1.165) is 6.07 Å². The fraction of sp³-hybridized carbons (Fsp3) is 0.222. The first-order valence-corrected chi connectivity index (χ1v) is 8.40. The minimum atomic E-state index is -0.844. The van der Waals surface area contributed by atoms with Crippen molar-refractivity contribution in [3.05, 3.63) is 63.7 Å². The lowest BCUT2D eigenvalue weighted by atomic mass is 10.2. The zero-order chi connectivity index (χ0) is 19.8. The van der Waals surface area contributed by atoms with Gasteiger partial charge in [-0.2, -0.15) is 0 Å². The van der Waals surface area contributed by atoms with E-state index < -0.39 is 29.5 Å². The topological polar surface area (TPSA) is 108 Å². The Hall–Kier alpha value is -3.13. The van der Waals surface area contributed by atoms with Crippen molar-refractivity contribution in [2.24, 2.45) is 0 Å². The number of halogens is 1. The molecule has 2 rings (SSSR count). The lowest BCUT2D eigenvalue weighted by Crippen LogP contribution is -2.31. The summed E-state index contributed by atoms with van der Waals surface area (Å²) in [4.78, 5) is 34.1. The number of nitro groups is 1. The Morgan fingerprint density at radius 2 is 1.93 bits per heavy atom. The third-order valence-electron chi connectivity index (χ3n) is 3.44. The molecule has 1 amide bonds. The largest absolute Gasteiger partial charge is 0.479 e. The number of nitro benzene ring substituents is 1. The van der Waals surface area contributed by atoms with Gasteiger partial charge in [0, 0.05) is 12.1 Å². The summed E-state index contributed by atoms with van der Waals surface area (Å²) in [6.45, 7) is 1.21. The number of nitrogens with one attached hydrogen (secondary N) is 1. The maximum Gasteiger partial charge on any atom is 0.347 e. The van der Waals surface area contributed by atoms with Crippen LogP contribution in [0.15, 0.2) is 48.5 Å². The van der Waals surface area contributed by atoms with Crippen molar-refractivity contribution >= 4 is 34.9 Å². The number of amides is 1. The number of carbonyl (C=O) groups excluding carboxylic acids is 2. The van der Waals surface area contributed by atoms with Gasteiger partial charge in [0.1, 0.15) is 5.75 Å². The van der Waals surface area contributed by atoms with Crippen molar-refractivity contribution in [1.29, 1.82) is 0 Å². The molecular formula is C18H17ClN2O6. The smallest absolute Gasteiger partial charge is 0.347 e. The van der Waals surface area contributed by atoms with Crippen LogP contribution in [0.1, 0.15) is 13.3 Å². The van der Waals surface area contributed by atoms with Crippen LogP contribution in [-0.4, -0.2) is 29.5 Å². The minimum absolute atomic E-state index is 0.00252. The number of anilines is 1. The molecule has 0 aromatic heterocycles. The Morgan fingerprint density at radius 1 is 1.22 bits per heavy atom. The minimum Gasteiger partial charge on any atom is -0.479 e. The van der Waals surface area contributed by atoms with Crippen LogP contribution in [0.5, 0.6) is 5.75 Å². The maximum atomic E-state index is 12.1. The van der Waals surface area contributed by atoms with E-state index in [1.165, 1.54) is 12.1 Å². The van der Waals surface area contributed by atoms with Gasteiger partial charge in [0.25, 0.3) is 11.6 Å². The van der Waals surface area contributed by atoms with Crippen molar-refractivity contribution in [3.8, 4) is 5.75 Å². The number of hydrogen-bond donors (Lipinski definition) is 1. The predicted octanol–water partition coefficient (Wildman–Crippen LogP) is 3.59. The quantitative estimate of drug-likeness (QED) is 0.418. The molecule has 0 bridgehead atoms. The van der Waals surface area contributed by atoms with Gasteiger partial charge in [0.05, 0.1) is 15.6 Å². The Balaban J connectivity index is 1.88. The molecule has 0 fully saturated rings. The molecule has 0 aliphatic rings. The van der Waals surface area contributed by atoms with Crippen molar-refractivity contribution in [2.75, 3.05) is 11.9 Å². The first-order chi connectivity index (χ1) is 12.9. The number of rotatable bonds is 8. The highest BCUT2D eigenvalue weighted by Gasteiger charge is 2.21. The van der Waals surface area contributed by atoms with Crippen LogP contribution >= 0.6 is 11.6 Å². The van der Waals surface area contributed by atoms with Gasteiger partial charge in [-0.25, -0.2) is 4.79 Å². The van der Waals surface area contributed by atoms with E-state index >= 15 is 0 Å². The lowest BCUT2D eigenvalue weighted by Gasteiger charge is -2.16. The second-order valence-electron chi connectivity index (χ2n) is 5.40. The van der Waals surface area contributed by atoms with E-state index in [1.807, 2.05) is 6.07 Å². The molecule has 0 heterocycles. The van der Waals surface area contributed by atoms with Crippen LogP contribution in [0, 0.1) is 10.1 Å². The zero-order valence-electron chi connectivity index (χ0n) is 14.4. The van der Waals surface area contributed by atoms with Crippen molar-refractivity contribution in [3.63, 3.8) is 0 Å². The molecule has 8 nitrogen and oxygen atoms in total. The molecular weight excluding hydrogens is 376 g/mol. The van der Waals surface area contributed by atoms with Gasteiger partial charge in [0.15, 0.2) is 12.7 Å². The number of hydrogen-bond acceptors (Lipinski definition) is 6. The lowest BCUT2D eigenvalue weighted by molar-refractivity contribution is -0.384. The second-order valence-corrected chi connectivity index (χ2v) is 5.81. The molecule has 0 aliphatic heterocycles. The van der Waals surface area contributed by atoms with Gasteiger partial charge < -0.3 is 14.8 Å².